The van der Waals surface area contributed by atoms with Gasteiger partial charge in [-0.05, 0) is 37.5 Å². The first-order valence-electron chi connectivity index (χ1n) is 5.15. The second-order valence-corrected chi connectivity index (χ2v) is 5.21. The van der Waals surface area contributed by atoms with Crippen molar-refractivity contribution >= 4 is 15.9 Å². The van der Waals surface area contributed by atoms with Crippen molar-refractivity contribution in [1.29, 1.82) is 0 Å². The highest BCUT2D eigenvalue weighted by molar-refractivity contribution is 9.10. The van der Waals surface area contributed by atoms with Crippen molar-refractivity contribution in [2.45, 2.75) is 19.8 Å². The summed E-state index contributed by atoms with van der Waals surface area (Å²) < 4.78 is 6.73. The molecule has 82 valence electrons. The first-order chi connectivity index (χ1) is 7.15. The lowest BCUT2D eigenvalue weighted by molar-refractivity contribution is 0.146. The Bertz CT molecular complexity index is 359. The van der Waals surface area contributed by atoms with Gasteiger partial charge < -0.3 is 9.84 Å². The van der Waals surface area contributed by atoms with Crippen LogP contribution in [0.4, 0.5) is 0 Å². The van der Waals surface area contributed by atoms with Crippen LogP contribution in [0, 0.1) is 12.3 Å². The predicted octanol–water partition coefficient (Wildman–Crippen LogP) is 2.91. The van der Waals surface area contributed by atoms with Crippen LogP contribution in [0.25, 0.3) is 0 Å². The van der Waals surface area contributed by atoms with E-state index in [1.807, 2.05) is 25.1 Å². The maximum Gasteiger partial charge on any atom is 0.120 e. The molecule has 0 spiro atoms. The van der Waals surface area contributed by atoms with E-state index in [1.54, 1.807) is 0 Å². The summed E-state index contributed by atoms with van der Waals surface area (Å²) in [5.41, 5.74) is 1.25. The van der Waals surface area contributed by atoms with Gasteiger partial charge in [0.15, 0.2) is 0 Å². The number of hydrogen-bond donors (Lipinski definition) is 1. The van der Waals surface area contributed by atoms with Gasteiger partial charge in [-0.2, -0.15) is 0 Å². The number of aryl methyl sites for hydroxylation is 1. The molecule has 0 heterocycles. The number of halogens is 1. The van der Waals surface area contributed by atoms with Crippen LogP contribution in [0.3, 0.4) is 0 Å². The molecule has 2 rings (SSSR count). The van der Waals surface area contributed by atoms with Gasteiger partial charge >= 0.3 is 0 Å². The lowest BCUT2D eigenvalue weighted by Gasteiger charge is -2.13. The molecular weight excluding hydrogens is 256 g/mol. The first-order valence-corrected chi connectivity index (χ1v) is 5.94. The van der Waals surface area contributed by atoms with Crippen LogP contribution in [-0.4, -0.2) is 18.3 Å². The lowest BCUT2D eigenvalue weighted by atomic mass is 10.1. The summed E-state index contributed by atoms with van der Waals surface area (Å²) in [4.78, 5) is 0. The molecule has 2 nitrogen and oxygen atoms in total. The van der Waals surface area contributed by atoms with Crippen molar-refractivity contribution < 1.29 is 9.84 Å². The number of hydrogen-bond acceptors (Lipinski definition) is 2. The van der Waals surface area contributed by atoms with Gasteiger partial charge in [-0.1, -0.05) is 22.0 Å². The van der Waals surface area contributed by atoms with Gasteiger partial charge in [-0.15, -0.1) is 0 Å². The Labute approximate surface area is 98.4 Å². The molecule has 1 fully saturated rings. The van der Waals surface area contributed by atoms with Gasteiger partial charge in [0.1, 0.15) is 5.75 Å². The first kappa shape index (κ1) is 11.0. The minimum absolute atomic E-state index is 0.0529. The fourth-order valence-electron chi connectivity index (χ4n) is 1.42. The number of ether oxygens (including phenoxy) is 1. The van der Waals surface area contributed by atoms with E-state index in [0.717, 1.165) is 23.1 Å². The molecule has 0 amide bonds. The minimum atomic E-state index is 0.0529. The summed E-state index contributed by atoms with van der Waals surface area (Å²) in [7, 11) is 0. The molecule has 15 heavy (non-hydrogen) atoms. The highest BCUT2D eigenvalue weighted by atomic mass is 79.9. The Hall–Kier alpha value is -0.540. The summed E-state index contributed by atoms with van der Waals surface area (Å²) in [5.74, 6) is 0.868. The molecule has 1 saturated carbocycles. The Kier molecular flexibility index (Phi) is 3.03. The van der Waals surface area contributed by atoms with Crippen LogP contribution in [0.2, 0.25) is 0 Å². The molecule has 3 heteroatoms. The van der Waals surface area contributed by atoms with Crippen molar-refractivity contribution in [2.75, 3.05) is 13.2 Å². The smallest absolute Gasteiger partial charge is 0.120 e. The molecule has 1 aromatic carbocycles. The summed E-state index contributed by atoms with van der Waals surface area (Å²) in [6.07, 6.45) is 2.16. The average molecular weight is 271 g/mol. The van der Waals surface area contributed by atoms with Gasteiger partial charge in [-0.3, -0.25) is 0 Å². The van der Waals surface area contributed by atoms with E-state index in [2.05, 4.69) is 15.9 Å². The van der Waals surface area contributed by atoms with Crippen molar-refractivity contribution in [3.05, 3.63) is 28.2 Å². The molecular formula is C12H15BrO2. The van der Waals surface area contributed by atoms with Crippen molar-refractivity contribution in [3.8, 4) is 5.75 Å². The monoisotopic (exact) mass is 270 g/mol. The van der Waals surface area contributed by atoms with Crippen molar-refractivity contribution in [1.82, 2.24) is 0 Å². The van der Waals surface area contributed by atoms with E-state index in [4.69, 9.17) is 9.84 Å². The summed E-state index contributed by atoms with van der Waals surface area (Å²) in [6, 6.07) is 5.97. The van der Waals surface area contributed by atoms with E-state index in [-0.39, 0.29) is 12.0 Å². The molecule has 0 unspecified atom stereocenters. The highest BCUT2D eigenvalue weighted by Gasteiger charge is 2.42. The molecule has 1 aliphatic rings. The van der Waals surface area contributed by atoms with E-state index in [1.165, 1.54) is 5.56 Å². The third-order valence-corrected chi connectivity index (χ3v) is 3.84. The average Bonchev–Trinajstić information content (AvgIpc) is 3.01. The van der Waals surface area contributed by atoms with E-state index < -0.39 is 0 Å². The zero-order valence-electron chi connectivity index (χ0n) is 8.79. The summed E-state index contributed by atoms with van der Waals surface area (Å²) in [6.45, 7) is 2.91. The van der Waals surface area contributed by atoms with Crippen LogP contribution in [0.5, 0.6) is 5.75 Å². The normalized spacial score (nSPS) is 17.5. The zero-order chi connectivity index (χ0) is 10.9. The predicted molar refractivity (Wildman–Crippen MR) is 63.1 cm³/mol. The maximum absolute atomic E-state index is 9.14. The third kappa shape index (κ3) is 2.52. The van der Waals surface area contributed by atoms with Crippen LogP contribution >= 0.6 is 15.9 Å². The Morgan fingerprint density at radius 3 is 2.73 bits per heavy atom. The standard InChI is InChI=1S/C12H15BrO2/c1-9-2-3-10(6-11(9)13)15-8-12(7-14)4-5-12/h2-3,6,14H,4-5,7-8H2,1H3. The third-order valence-electron chi connectivity index (χ3n) is 2.98. The zero-order valence-corrected chi connectivity index (χ0v) is 10.4. The van der Waals surface area contributed by atoms with Gasteiger partial charge in [0.2, 0.25) is 0 Å². The molecule has 0 radical (unpaired) electrons. The highest BCUT2D eigenvalue weighted by Crippen LogP contribution is 2.45. The van der Waals surface area contributed by atoms with Crippen LogP contribution in [0.15, 0.2) is 22.7 Å². The Morgan fingerprint density at radius 1 is 1.47 bits per heavy atom. The maximum atomic E-state index is 9.14. The molecule has 0 bridgehead atoms. The van der Waals surface area contributed by atoms with Crippen molar-refractivity contribution in [2.24, 2.45) is 5.41 Å². The van der Waals surface area contributed by atoms with E-state index in [9.17, 15) is 0 Å². The molecule has 1 aromatic rings. The van der Waals surface area contributed by atoms with E-state index in [0.29, 0.717) is 6.61 Å². The van der Waals surface area contributed by atoms with E-state index >= 15 is 0 Å². The second-order valence-electron chi connectivity index (χ2n) is 4.36. The number of aliphatic hydroxyl groups excluding tert-OH is 1. The van der Waals surface area contributed by atoms with Crippen LogP contribution in [-0.2, 0) is 0 Å². The fourth-order valence-corrected chi connectivity index (χ4v) is 1.78. The number of rotatable bonds is 4. The van der Waals surface area contributed by atoms with Gasteiger partial charge in [0.05, 0.1) is 13.2 Å². The molecule has 0 aliphatic heterocycles. The number of aliphatic hydroxyl groups is 1. The summed E-state index contributed by atoms with van der Waals surface area (Å²) >= 11 is 3.47. The quantitative estimate of drug-likeness (QED) is 0.912. The van der Waals surface area contributed by atoms with Gasteiger partial charge in [0, 0.05) is 9.89 Å². The van der Waals surface area contributed by atoms with Crippen LogP contribution in [0.1, 0.15) is 18.4 Å². The fraction of sp³-hybridized carbons (Fsp3) is 0.500. The Morgan fingerprint density at radius 2 is 2.20 bits per heavy atom. The van der Waals surface area contributed by atoms with Gasteiger partial charge in [-0.25, -0.2) is 0 Å². The second kappa shape index (κ2) is 4.14. The molecule has 0 atom stereocenters. The summed E-state index contributed by atoms with van der Waals surface area (Å²) in [5, 5.41) is 9.14. The van der Waals surface area contributed by atoms with Gasteiger partial charge in [0.25, 0.3) is 0 Å². The topological polar surface area (TPSA) is 29.5 Å². The number of benzene rings is 1. The van der Waals surface area contributed by atoms with Crippen LogP contribution < -0.4 is 4.74 Å². The minimum Gasteiger partial charge on any atom is -0.493 e. The molecule has 0 saturated heterocycles. The molecule has 1 aliphatic carbocycles. The molecule has 0 aromatic heterocycles. The molecule has 1 N–H and O–H groups in total. The SMILES string of the molecule is Cc1ccc(OCC2(CO)CC2)cc1Br. The van der Waals surface area contributed by atoms with Crippen molar-refractivity contribution in [3.63, 3.8) is 0 Å². The lowest BCUT2D eigenvalue weighted by Crippen LogP contribution is -2.16. The Balaban J connectivity index is 1.96. The largest absolute Gasteiger partial charge is 0.493 e.